The van der Waals surface area contributed by atoms with Gasteiger partial charge < -0.3 is 10.1 Å². The van der Waals surface area contributed by atoms with Crippen molar-refractivity contribution in [2.24, 2.45) is 0 Å². The summed E-state index contributed by atoms with van der Waals surface area (Å²) in [5.74, 6) is -0.201. The van der Waals surface area contributed by atoms with Crippen molar-refractivity contribution in [3.8, 4) is 5.75 Å². The van der Waals surface area contributed by atoms with Crippen LogP contribution in [0.15, 0.2) is 66.7 Å². The maximum absolute atomic E-state index is 12.5. The van der Waals surface area contributed by atoms with E-state index in [1.165, 1.54) is 12.1 Å². The van der Waals surface area contributed by atoms with Crippen molar-refractivity contribution < 1.29 is 17.9 Å². The number of alkyl halides is 3. The lowest BCUT2D eigenvalue weighted by Crippen LogP contribution is -2.45. The first-order chi connectivity index (χ1) is 13.5. The van der Waals surface area contributed by atoms with Gasteiger partial charge in [0.15, 0.2) is 0 Å². The fourth-order valence-electron chi connectivity index (χ4n) is 3.87. The van der Waals surface area contributed by atoms with Crippen LogP contribution in [0.3, 0.4) is 0 Å². The third-order valence-electron chi connectivity index (χ3n) is 5.06. The molecule has 0 aromatic heterocycles. The molecule has 28 heavy (non-hydrogen) atoms. The van der Waals surface area contributed by atoms with Gasteiger partial charge in [0, 0.05) is 26.2 Å². The van der Waals surface area contributed by atoms with Gasteiger partial charge in [0.1, 0.15) is 5.75 Å². The molecule has 146 valence electrons. The molecule has 0 saturated carbocycles. The second kappa shape index (κ2) is 7.81. The number of halogens is 3. The Kier molecular flexibility index (Phi) is 5.24. The molecular weight excluding hydrogens is 365 g/mol. The highest BCUT2D eigenvalue weighted by Gasteiger charge is 2.31. The Hall–Kier alpha value is -2.57. The number of nitrogens with one attached hydrogen (secondary N) is 1. The first-order valence-electron chi connectivity index (χ1n) is 9.29. The summed E-state index contributed by atoms with van der Waals surface area (Å²) in [7, 11) is 0. The lowest BCUT2D eigenvalue weighted by Gasteiger charge is -2.36. The minimum absolute atomic E-state index is 0.0341. The van der Waals surface area contributed by atoms with E-state index in [0.717, 1.165) is 48.1 Å². The molecule has 1 aliphatic heterocycles. The lowest BCUT2D eigenvalue weighted by molar-refractivity contribution is -0.274. The SMILES string of the molecule is FC(F)(F)Oc1ccc([C@@H](c2cccc3ccccc23)N2CCNCC2)cc1. The van der Waals surface area contributed by atoms with Crippen molar-refractivity contribution in [1.29, 1.82) is 0 Å². The van der Waals surface area contributed by atoms with Crippen molar-refractivity contribution in [2.45, 2.75) is 12.4 Å². The summed E-state index contributed by atoms with van der Waals surface area (Å²) in [6, 6.07) is 20.6. The summed E-state index contributed by atoms with van der Waals surface area (Å²) in [5, 5.41) is 5.66. The number of fused-ring (bicyclic) bond motifs is 1. The van der Waals surface area contributed by atoms with E-state index in [1.807, 2.05) is 18.2 Å². The molecule has 1 heterocycles. The predicted octanol–water partition coefficient (Wildman–Crippen LogP) is 4.73. The van der Waals surface area contributed by atoms with Crippen molar-refractivity contribution in [3.05, 3.63) is 77.9 Å². The Morgan fingerprint density at radius 3 is 2.25 bits per heavy atom. The van der Waals surface area contributed by atoms with Gasteiger partial charge in [0.05, 0.1) is 6.04 Å². The summed E-state index contributed by atoms with van der Waals surface area (Å²) in [6.07, 6.45) is -4.69. The quantitative estimate of drug-likeness (QED) is 0.701. The zero-order valence-electron chi connectivity index (χ0n) is 15.2. The zero-order valence-corrected chi connectivity index (χ0v) is 15.2. The van der Waals surface area contributed by atoms with Gasteiger partial charge in [0.25, 0.3) is 0 Å². The lowest BCUT2D eigenvalue weighted by atomic mass is 9.92. The van der Waals surface area contributed by atoms with E-state index in [0.29, 0.717) is 0 Å². The monoisotopic (exact) mass is 386 g/mol. The number of piperazine rings is 1. The largest absolute Gasteiger partial charge is 0.573 e. The van der Waals surface area contributed by atoms with Gasteiger partial charge in [-0.15, -0.1) is 13.2 Å². The number of ether oxygens (including phenoxy) is 1. The molecule has 3 nitrogen and oxygen atoms in total. The number of benzene rings is 3. The van der Waals surface area contributed by atoms with E-state index in [9.17, 15) is 13.2 Å². The molecule has 1 saturated heterocycles. The smallest absolute Gasteiger partial charge is 0.406 e. The van der Waals surface area contributed by atoms with E-state index in [1.54, 1.807) is 12.1 Å². The van der Waals surface area contributed by atoms with Gasteiger partial charge in [-0.3, -0.25) is 4.90 Å². The van der Waals surface area contributed by atoms with Gasteiger partial charge in [0.2, 0.25) is 0 Å². The predicted molar refractivity (Wildman–Crippen MR) is 103 cm³/mol. The minimum atomic E-state index is -4.69. The highest BCUT2D eigenvalue weighted by Crippen LogP contribution is 2.35. The van der Waals surface area contributed by atoms with Crippen molar-refractivity contribution in [3.63, 3.8) is 0 Å². The molecule has 0 bridgehead atoms. The standard InChI is InChI=1S/C22H21F3N2O/c23-22(24,25)28-18-10-8-17(9-11-18)21(27-14-12-26-13-15-27)20-7-3-5-16-4-1-2-6-19(16)20/h1-11,21,26H,12-15H2/t21-/m0/s1. The van der Waals surface area contributed by atoms with E-state index < -0.39 is 6.36 Å². The van der Waals surface area contributed by atoms with Crippen LogP contribution >= 0.6 is 0 Å². The highest BCUT2D eigenvalue weighted by molar-refractivity contribution is 5.86. The van der Waals surface area contributed by atoms with Gasteiger partial charge in [-0.1, -0.05) is 54.6 Å². The van der Waals surface area contributed by atoms with Gasteiger partial charge in [-0.25, -0.2) is 0 Å². The van der Waals surface area contributed by atoms with E-state index >= 15 is 0 Å². The van der Waals surface area contributed by atoms with Crippen LogP contribution in [0.5, 0.6) is 5.75 Å². The fraction of sp³-hybridized carbons (Fsp3) is 0.273. The summed E-state index contributed by atoms with van der Waals surface area (Å²) >= 11 is 0. The molecular formula is C22H21F3N2O. The second-order valence-corrected chi connectivity index (χ2v) is 6.87. The van der Waals surface area contributed by atoms with Crippen LogP contribution in [-0.4, -0.2) is 37.4 Å². The van der Waals surface area contributed by atoms with Crippen LogP contribution in [0.4, 0.5) is 13.2 Å². The highest BCUT2D eigenvalue weighted by atomic mass is 19.4. The number of hydrogen-bond acceptors (Lipinski definition) is 3. The molecule has 0 radical (unpaired) electrons. The molecule has 0 unspecified atom stereocenters. The number of hydrogen-bond donors (Lipinski definition) is 1. The Labute approximate surface area is 161 Å². The Balaban J connectivity index is 1.76. The molecule has 1 fully saturated rings. The first kappa shape index (κ1) is 18.8. The van der Waals surface area contributed by atoms with Gasteiger partial charge >= 0.3 is 6.36 Å². The second-order valence-electron chi connectivity index (χ2n) is 6.87. The zero-order chi connectivity index (χ0) is 19.6. The summed E-state index contributed by atoms with van der Waals surface area (Å²) in [4.78, 5) is 2.37. The average molecular weight is 386 g/mol. The number of rotatable bonds is 4. The van der Waals surface area contributed by atoms with Crippen LogP contribution in [-0.2, 0) is 0 Å². The molecule has 0 spiro atoms. The topological polar surface area (TPSA) is 24.5 Å². The maximum atomic E-state index is 12.5. The van der Waals surface area contributed by atoms with Crippen LogP contribution < -0.4 is 10.1 Å². The van der Waals surface area contributed by atoms with Crippen molar-refractivity contribution in [1.82, 2.24) is 10.2 Å². The van der Waals surface area contributed by atoms with Gasteiger partial charge in [-0.05, 0) is 34.0 Å². The number of nitrogens with zero attached hydrogens (tertiary/aromatic N) is 1. The third-order valence-corrected chi connectivity index (χ3v) is 5.06. The molecule has 0 amide bonds. The van der Waals surface area contributed by atoms with Crippen molar-refractivity contribution in [2.75, 3.05) is 26.2 Å². The van der Waals surface area contributed by atoms with E-state index in [4.69, 9.17) is 0 Å². The fourth-order valence-corrected chi connectivity index (χ4v) is 3.87. The van der Waals surface area contributed by atoms with Crippen LogP contribution in [0.25, 0.3) is 10.8 Å². The normalized spacial score (nSPS) is 16.8. The molecule has 1 N–H and O–H groups in total. The van der Waals surface area contributed by atoms with Crippen LogP contribution in [0.1, 0.15) is 17.2 Å². The van der Waals surface area contributed by atoms with E-state index in [2.05, 4.69) is 39.2 Å². The molecule has 4 rings (SSSR count). The first-order valence-corrected chi connectivity index (χ1v) is 9.29. The van der Waals surface area contributed by atoms with E-state index in [-0.39, 0.29) is 11.8 Å². The molecule has 3 aromatic carbocycles. The Bertz CT molecular complexity index is 929. The molecule has 6 heteroatoms. The summed E-state index contributed by atoms with van der Waals surface area (Å²) in [6.45, 7) is 3.51. The third kappa shape index (κ3) is 4.13. The van der Waals surface area contributed by atoms with Crippen molar-refractivity contribution >= 4 is 10.8 Å². The molecule has 3 aromatic rings. The van der Waals surface area contributed by atoms with Crippen LogP contribution in [0.2, 0.25) is 0 Å². The molecule has 0 aliphatic carbocycles. The summed E-state index contributed by atoms with van der Waals surface area (Å²) < 4.78 is 41.5. The van der Waals surface area contributed by atoms with Crippen LogP contribution in [0, 0.1) is 0 Å². The average Bonchev–Trinajstić information content (AvgIpc) is 2.69. The Morgan fingerprint density at radius 1 is 0.857 bits per heavy atom. The summed E-state index contributed by atoms with van der Waals surface area (Å²) in [5.41, 5.74) is 2.11. The molecule has 1 atom stereocenters. The van der Waals surface area contributed by atoms with Gasteiger partial charge in [-0.2, -0.15) is 0 Å². The maximum Gasteiger partial charge on any atom is 0.573 e. The minimum Gasteiger partial charge on any atom is -0.406 e. The molecule has 1 aliphatic rings. The Morgan fingerprint density at radius 2 is 1.54 bits per heavy atom.